The highest BCUT2D eigenvalue weighted by atomic mass is 14.6. The standard InChI is InChI=1S/C13H12N2/c14-9-5-4-8-6-12-10(11(8)7-9)2-1-3-13(12)15/h1-5,7H,6,14-15H2. The summed E-state index contributed by atoms with van der Waals surface area (Å²) in [5, 5.41) is 0. The summed E-state index contributed by atoms with van der Waals surface area (Å²) in [5.41, 5.74) is 18.5. The molecule has 2 nitrogen and oxygen atoms in total. The van der Waals surface area contributed by atoms with Crippen LogP contribution in [0.3, 0.4) is 0 Å². The first-order valence-corrected chi connectivity index (χ1v) is 5.02. The van der Waals surface area contributed by atoms with Gasteiger partial charge in [-0.05, 0) is 40.5 Å². The van der Waals surface area contributed by atoms with E-state index in [9.17, 15) is 0 Å². The molecule has 1 aliphatic carbocycles. The van der Waals surface area contributed by atoms with Gasteiger partial charge in [0.15, 0.2) is 0 Å². The molecular formula is C13H12N2. The number of nitrogen functional groups attached to an aromatic ring is 2. The third-order valence-electron chi connectivity index (χ3n) is 3.00. The van der Waals surface area contributed by atoms with E-state index in [1.807, 2.05) is 24.3 Å². The Kier molecular flexibility index (Phi) is 1.54. The minimum atomic E-state index is 0.809. The monoisotopic (exact) mass is 196 g/mol. The fourth-order valence-corrected chi connectivity index (χ4v) is 2.24. The Morgan fingerprint density at radius 3 is 2.67 bits per heavy atom. The van der Waals surface area contributed by atoms with E-state index in [1.54, 1.807) is 0 Å². The van der Waals surface area contributed by atoms with Crippen LogP contribution in [0.5, 0.6) is 0 Å². The van der Waals surface area contributed by atoms with Crippen LogP contribution in [0.4, 0.5) is 11.4 Å². The first kappa shape index (κ1) is 8.36. The third kappa shape index (κ3) is 1.11. The molecule has 4 N–H and O–H groups in total. The average molecular weight is 196 g/mol. The van der Waals surface area contributed by atoms with Gasteiger partial charge in [0.2, 0.25) is 0 Å². The van der Waals surface area contributed by atoms with Crippen molar-refractivity contribution in [2.45, 2.75) is 6.42 Å². The van der Waals surface area contributed by atoms with Gasteiger partial charge in [0.1, 0.15) is 0 Å². The number of hydrogen-bond donors (Lipinski definition) is 2. The van der Waals surface area contributed by atoms with Crippen LogP contribution in [-0.2, 0) is 6.42 Å². The zero-order valence-corrected chi connectivity index (χ0v) is 8.33. The molecule has 0 atom stereocenters. The predicted molar refractivity (Wildman–Crippen MR) is 63.5 cm³/mol. The smallest absolute Gasteiger partial charge is 0.0356 e. The Bertz CT molecular complexity index is 544. The summed E-state index contributed by atoms with van der Waals surface area (Å²) in [4.78, 5) is 0. The van der Waals surface area contributed by atoms with Crippen LogP contribution < -0.4 is 11.5 Å². The van der Waals surface area contributed by atoms with Gasteiger partial charge in [-0.1, -0.05) is 18.2 Å². The normalized spacial score (nSPS) is 12.3. The second kappa shape index (κ2) is 2.76. The molecule has 3 rings (SSSR count). The Hall–Kier alpha value is -1.96. The van der Waals surface area contributed by atoms with Crippen molar-refractivity contribution in [3.05, 3.63) is 47.5 Å². The van der Waals surface area contributed by atoms with Crippen molar-refractivity contribution < 1.29 is 0 Å². The predicted octanol–water partition coefficient (Wildman–Crippen LogP) is 2.42. The quantitative estimate of drug-likeness (QED) is 0.542. The van der Waals surface area contributed by atoms with E-state index in [0.29, 0.717) is 0 Å². The van der Waals surface area contributed by atoms with Crippen LogP contribution in [-0.4, -0.2) is 0 Å². The van der Waals surface area contributed by atoms with E-state index in [2.05, 4.69) is 12.1 Å². The molecule has 0 radical (unpaired) electrons. The maximum Gasteiger partial charge on any atom is 0.0356 e. The molecule has 0 fully saturated rings. The maximum absolute atomic E-state index is 5.96. The zero-order chi connectivity index (χ0) is 10.4. The van der Waals surface area contributed by atoms with Gasteiger partial charge in [-0.2, -0.15) is 0 Å². The molecule has 2 aromatic carbocycles. The van der Waals surface area contributed by atoms with Crippen molar-refractivity contribution in [1.82, 2.24) is 0 Å². The first-order valence-electron chi connectivity index (χ1n) is 5.02. The summed E-state index contributed by atoms with van der Waals surface area (Å²) in [6.07, 6.45) is 0.928. The molecule has 0 amide bonds. The van der Waals surface area contributed by atoms with Crippen LogP contribution in [0.2, 0.25) is 0 Å². The Labute approximate surface area is 88.5 Å². The molecule has 0 aromatic heterocycles. The van der Waals surface area contributed by atoms with Gasteiger partial charge < -0.3 is 11.5 Å². The lowest BCUT2D eigenvalue weighted by molar-refractivity contribution is 1.27. The maximum atomic E-state index is 5.96. The molecule has 15 heavy (non-hydrogen) atoms. The summed E-state index contributed by atoms with van der Waals surface area (Å²) in [7, 11) is 0. The lowest BCUT2D eigenvalue weighted by atomic mass is 10.0. The number of hydrogen-bond acceptors (Lipinski definition) is 2. The minimum absolute atomic E-state index is 0.809. The van der Waals surface area contributed by atoms with E-state index in [-0.39, 0.29) is 0 Å². The van der Waals surface area contributed by atoms with Gasteiger partial charge in [0, 0.05) is 17.8 Å². The first-order chi connectivity index (χ1) is 7.25. The van der Waals surface area contributed by atoms with E-state index in [1.165, 1.54) is 22.3 Å². The van der Waals surface area contributed by atoms with Crippen LogP contribution in [0.15, 0.2) is 36.4 Å². The highest BCUT2D eigenvalue weighted by Gasteiger charge is 2.19. The lowest BCUT2D eigenvalue weighted by Crippen LogP contribution is -1.91. The molecule has 0 saturated carbocycles. The fourth-order valence-electron chi connectivity index (χ4n) is 2.24. The Morgan fingerprint density at radius 1 is 0.933 bits per heavy atom. The Balaban J connectivity index is 2.31. The van der Waals surface area contributed by atoms with Gasteiger partial charge in [-0.3, -0.25) is 0 Å². The fraction of sp³-hybridized carbons (Fsp3) is 0.0769. The second-order valence-electron chi connectivity index (χ2n) is 3.97. The van der Waals surface area contributed by atoms with Crippen LogP contribution in [0.25, 0.3) is 11.1 Å². The van der Waals surface area contributed by atoms with E-state index in [0.717, 1.165) is 17.8 Å². The summed E-state index contributed by atoms with van der Waals surface area (Å²) in [5.74, 6) is 0. The molecule has 0 bridgehead atoms. The van der Waals surface area contributed by atoms with Gasteiger partial charge in [0.05, 0.1) is 0 Å². The minimum Gasteiger partial charge on any atom is -0.399 e. The number of anilines is 2. The number of nitrogens with two attached hydrogens (primary N) is 2. The van der Waals surface area contributed by atoms with Gasteiger partial charge in [-0.25, -0.2) is 0 Å². The van der Waals surface area contributed by atoms with E-state index < -0.39 is 0 Å². The lowest BCUT2D eigenvalue weighted by Gasteiger charge is -2.03. The highest BCUT2D eigenvalue weighted by molar-refractivity contribution is 5.82. The van der Waals surface area contributed by atoms with Gasteiger partial charge in [0.25, 0.3) is 0 Å². The van der Waals surface area contributed by atoms with E-state index >= 15 is 0 Å². The summed E-state index contributed by atoms with van der Waals surface area (Å²) in [6.45, 7) is 0. The van der Waals surface area contributed by atoms with Crippen molar-refractivity contribution in [3.63, 3.8) is 0 Å². The SMILES string of the molecule is Nc1ccc2c(c1)-c1cccc(N)c1C2. The van der Waals surface area contributed by atoms with Crippen LogP contribution in [0, 0.1) is 0 Å². The van der Waals surface area contributed by atoms with Crippen molar-refractivity contribution in [2.75, 3.05) is 11.5 Å². The topological polar surface area (TPSA) is 52.0 Å². The molecule has 0 spiro atoms. The molecule has 2 aromatic rings. The van der Waals surface area contributed by atoms with Gasteiger partial charge in [-0.15, -0.1) is 0 Å². The number of fused-ring (bicyclic) bond motifs is 3. The number of benzene rings is 2. The van der Waals surface area contributed by atoms with Crippen molar-refractivity contribution >= 4 is 11.4 Å². The largest absolute Gasteiger partial charge is 0.399 e. The molecule has 0 saturated heterocycles. The molecule has 1 aliphatic rings. The molecule has 2 heteroatoms. The van der Waals surface area contributed by atoms with Crippen molar-refractivity contribution in [3.8, 4) is 11.1 Å². The van der Waals surface area contributed by atoms with Crippen LogP contribution in [0.1, 0.15) is 11.1 Å². The summed E-state index contributed by atoms with van der Waals surface area (Å²) >= 11 is 0. The highest BCUT2D eigenvalue weighted by Crippen LogP contribution is 2.39. The molecule has 74 valence electrons. The average Bonchev–Trinajstić information content (AvgIpc) is 2.58. The molecular weight excluding hydrogens is 184 g/mol. The molecule has 0 unspecified atom stereocenters. The van der Waals surface area contributed by atoms with E-state index in [4.69, 9.17) is 11.5 Å². The van der Waals surface area contributed by atoms with Crippen LogP contribution >= 0.6 is 0 Å². The summed E-state index contributed by atoms with van der Waals surface area (Å²) in [6, 6.07) is 12.1. The van der Waals surface area contributed by atoms with Gasteiger partial charge >= 0.3 is 0 Å². The Morgan fingerprint density at radius 2 is 1.80 bits per heavy atom. The van der Waals surface area contributed by atoms with Crippen molar-refractivity contribution in [1.29, 1.82) is 0 Å². The number of rotatable bonds is 0. The second-order valence-corrected chi connectivity index (χ2v) is 3.97. The van der Waals surface area contributed by atoms with Crippen molar-refractivity contribution in [2.24, 2.45) is 0 Å². The zero-order valence-electron chi connectivity index (χ0n) is 8.33. The molecule has 0 aliphatic heterocycles. The molecule has 0 heterocycles. The summed E-state index contributed by atoms with van der Waals surface area (Å²) < 4.78 is 0. The third-order valence-corrected chi connectivity index (χ3v) is 3.00.